The van der Waals surface area contributed by atoms with E-state index in [0.29, 0.717) is 0 Å². The zero-order valence-electron chi connectivity index (χ0n) is 6.06. The molecule has 11 heavy (non-hydrogen) atoms. The van der Waals surface area contributed by atoms with Crippen LogP contribution in [0.4, 0.5) is 0 Å². The molecule has 0 spiro atoms. The van der Waals surface area contributed by atoms with E-state index in [9.17, 15) is 4.79 Å². The molecule has 1 aliphatic carbocycles. The van der Waals surface area contributed by atoms with Crippen LogP contribution < -0.4 is 0 Å². The molecule has 0 aliphatic heterocycles. The van der Waals surface area contributed by atoms with Gasteiger partial charge in [0.1, 0.15) is 18.3 Å². The van der Waals surface area contributed by atoms with Gasteiger partial charge in [-0.1, -0.05) is 0 Å². The second kappa shape index (κ2) is 2.73. The van der Waals surface area contributed by atoms with E-state index in [1.165, 1.54) is 13.0 Å². The molecule has 0 fully saturated rings. The SMILES string of the molecule is CC1=C[C@@H](O)[C@H](O)[C@H](O)C1=O. The predicted octanol–water partition coefficient (Wildman–Crippen LogP) is -1.40. The van der Waals surface area contributed by atoms with Crippen LogP contribution in [0.2, 0.25) is 0 Å². The van der Waals surface area contributed by atoms with Crippen LogP contribution in [0, 0.1) is 0 Å². The zero-order valence-corrected chi connectivity index (χ0v) is 6.06. The summed E-state index contributed by atoms with van der Waals surface area (Å²) in [4.78, 5) is 10.9. The highest BCUT2D eigenvalue weighted by Crippen LogP contribution is 2.15. The minimum atomic E-state index is -1.48. The minimum Gasteiger partial charge on any atom is -0.387 e. The topological polar surface area (TPSA) is 77.8 Å². The third-order valence-corrected chi connectivity index (χ3v) is 1.75. The van der Waals surface area contributed by atoms with E-state index in [1.54, 1.807) is 0 Å². The number of hydrogen-bond acceptors (Lipinski definition) is 4. The monoisotopic (exact) mass is 158 g/mol. The van der Waals surface area contributed by atoms with E-state index in [-0.39, 0.29) is 5.57 Å². The van der Waals surface area contributed by atoms with Crippen molar-refractivity contribution in [3.05, 3.63) is 11.6 Å². The van der Waals surface area contributed by atoms with Crippen molar-refractivity contribution >= 4 is 5.78 Å². The van der Waals surface area contributed by atoms with Crippen LogP contribution in [0.3, 0.4) is 0 Å². The summed E-state index contributed by atoms with van der Waals surface area (Å²) in [6.45, 7) is 1.49. The summed E-state index contributed by atoms with van der Waals surface area (Å²) >= 11 is 0. The van der Waals surface area contributed by atoms with Gasteiger partial charge < -0.3 is 15.3 Å². The van der Waals surface area contributed by atoms with Crippen LogP contribution in [0.5, 0.6) is 0 Å². The third kappa shape index (κ3) is 1.33. The maximum atomic E-state index is 10.9. The van der Waals surface area contributed by atoms with Crippen molar-refractivity contribution in [2.75, 3.05) is 0 Å². The fraction of sp³-hybridized carbons (Fsp3) is 0.571. The van der Waals surface area contributed by atoms with Crippen LogP contribution in [0.15, 0.2) is 11.6 Å². The average molecular weight is 158 g/mol. The van der Waals surface area contributed by atoms with Crippen LogP contribution >= 0.6 is 0 Å². The van der Waals surface area contributed by atoms with Crippen molar-refractivity contribution in [1.29, 1.82) is 0 Å². The molecule has 3 atom stereocenters. The van der Waals surface area contributed by atoms with Gasteiger partial charge in [0.15, 0.2) is 5.78 Å². The Morgan fingerprint density at radius 3 is 2.45 bits per heavy atom. The molecule has 0 bridgehead atoms. The molecule has 0 saturated heterocycles. The van der Waals surface area contributed by atoms with Crippen LogP contribution in [0.25, 0.3) is 0 Å². The van der Waals surface area contributed by atoms with Crippen LogP contribution in [-0.4, -0.2) is 39.4 Å². The van der Waals surface area contributed by atoms with Crippen LogP contribution in [-0.2, 0) is 4.79 Å². The summed E-state index contributed by atoms with van der Waals surface area (Å²) in [5, 5.41) is 27.0. The fourth-order valence-electron chi connectivity index (χ4n) is 1.01. The molecular weight excluding hydrogens is 148 g/mol. The van der Waals surface area contributed by atoms with E-state index in [4.69, 9.17) is 15.3 Å². The first-order valence-corrected chi connectivity index (χ1v) is 3.31. The number of aliphatic hydroxyl groups is 3. The van der Waals surface area contributed by atoms with Gasteiger partial charge in [-0.05, 0) is 18.6 Å². The molecule has 62 valence electrons. The Labute approximate surface area is 63.8 Å². The van der Waals surface area contributed by atoms with Crippen molar-refractivity contribution in [2.45, 2.75) is 25.2 Å². The maximum Gasteiger partial charge on any atom is 0.189 e. The highest BCUT2D eigenvalue weighted by molar-refractivity contribution is 5.99. The Bertz CT molecular complexity index is 208. The Morgan fingerprint density at radius 1 is 1.36 bits per heavy atom. The van der Waals surface area contributed by atoms with E-state index >= 15 is 0 Å². The standard InChI is InChI=1S/C7H10O4/c1-3-2-4(8)6(10)7(11)5(3)9/h2,4,6-8,10-11H,1H3/t4-,6+,7-/m1/s1. The number of Topliss-reactive ketones (excluding diaryl/α,β-unsaturated/α-hetero) is 1. The quantitative estimate of drug-likeness (QED) is 0.405. The highest BCUT2D eigenvalue weighted by atomic mass is 16.4. The number of aliphatic hydroxyl groups excluding tert-OH is 3. The lowest BCUT2D eigenvalue weighted by atomic mass is 9.92. The first kappa shape index (κ1) is 8.39. The van der Waals surface area contributed by atoms with Gasteiger partial charge in [0.2, 0.25) is 0 Å². The maximum absolute atomic E-state index is 10.9. The first-order chi connectivity index (χ1) is 5.04. The Morgan fingerprint density at radius 2 is 1.91 bits per heavy atom. The van der Waals surface area contributed by atoms with Gasteiger partial charge in [0.25, 0.3) is 0 Å². The molecule has 0 radical (unpaired) electrons. The second-order valence-corrected chi connectivity index (χ2v) is 2.64. The van der Waals surface area contributed by atoms with E-state index in [2.05, 4.69) is 0 Å². The molecule has 1 aliphatic rings. The molecule has 1 rings (SSSR count). The Kier molecular flexibility index (Phi) is 2.08. The molecule has 4 nitrogen and oxygen atoms in total. The number of carbonyl (C=O) groups excluding carboxylic acids is 1. The minimum absolute atomic E-state index is 0.287. The molecule has 0 aromatic carbocycles. The smallest absolute Gasteiger partial charge is 0.189 e. The first-order valence-electron chi connectivity index (χ1n) is 3.31. The molecule has 0 aromatic heterocycles. The van der Waals surface area contributed by atoms with E-state index < -0.39 is 24.1 Å². The van der Waals surface area contributed by atoms with E-state index in [0.717, 1.165) is 0 Å². The van der Waals surface area contributed by atoms with Gasteiger partial charge in [0.05, 0.1) is 0 Å². The van der Waals surface area contributed by atoms with Crippen molar-refractivity contribution in [3.8, 4) is 0 Å². The fourth-order valence-corrected chi connectivity index (χ4v) is 1.01. The lowest BCUT2D eigenvalue weighted by Gasteiger charge is -2.24. The van der Waals surface area contributed by atoms with Gasteiger partial charge in [-0.25, -0.2) is 0 Å². The van der Waals surface area contributed by atoms with Gasteiger partial charge in [-0.3, -0.25) is 4.79 Å². The number of carbonyl (C=O) groups is 1. The van der Waals surface area contributed by atoms with Gasteiger partial charge in [0, 0.05) is 0 Å². The molecule has 0 aromatic rings. The zero-order chi connectivity index (χ0) is 8.59. The van der Waals surface area contributed by atoms with Gasteiger partial charge >= 0.3 is 0 Å². The van der Waals surface area contributed by atoms with Crippen LogP contribution in [0.1, 0.15) is 6.92 Å². The number of rotatable bonds is 0. The summed E-state index contributed by atoms with van der Waals surface area (Å²) < 4.78 is 0. The lowest BCUT2D eigenvalue weighted by Crippen LogP contribution is -2.45. The number of hydrogen-bond donors (Lipinski definition) is 3. The molecule has 4 heteroatoms. The molecule has 0 unspecified atom stereocenters. The predicted molar refractivity (Wildman–Crippen MR) is 36.8 cm³/mol. The summed E-state index contributed by atoms with van der Waals surface area (Å²) in [6.07, 6.45) is -2.76. The van der Waals surface area contributed by atoms with Crippen molar-refractivity contribution in [1.82, 2.24) is 0 Å². The summed E-state index contributed by atoms with van der Waals surface area (Å²) in [7, 11) is 0. The molecule has 0 amide bonds. The average Bonchev–Trinajstić information content (AvgIpc) is 1.97. The largest absolute Gasteiger partial charge is 0.387 e. The summed E-state index contributed by atoms with van der Waals surface area (Å²) in [6, 6.07) is 0. The van der Waals surface area contributed by atoms with Crippen molar-refractivity contribution in [3.63, 3.8) is 0 Å². The molecule has 0 heterocycles. The van der Waals surface area contributed by atoms with E-state index in [1.807, 2.05) is 0 Å². The molecule has 3 N–H and O–H groups in total. The Balaban J connectivity index is 2.92. The lowest BCUT2D eigenvalue weighted by molar-refractivity contribution is -0.134. The summed E-state index contributed by atoms with van der Waals surface area (Å²) in [5.41, 5.74) is 0.287. The molecule has 0 saturated carbocycles. The second-order valence-electron chi connectivity index (χ2n) is 2.64. The highest BCUT2D eigenvalue weighted by Gasteiger charge is 2.34. The van der Waals surface area contributed by atoms with Crippen molar-refractivity contribution in [2.24, 2.45) is 0 Å². The number of ketones is 1. The van der Waals surface area contributed by atoms with Crippen molar-refractivity contribution < 1.29 is 20.1 Å². The normalized spacial score (nSPS) is 38.7. The van der Waals surface area contributed by atoms with Gasteiger partial charge in [-0.2, -0.15) is 0 Å². The molecular formula is C7H10O4. The third-order valence-electron chi connectivity index (χ3n) is 1.75. The van der Waals surface area contributed by atoms with Gasteiger partial charge in [-0.15, -0.1) is 0 Å². The Hall–Kier alpha value is -0.710. The summed E-state index contributed by atoms with van der Waals surface area (Å²) in [5.74, 6) is -0.525.